The average molecular weight is 236 g/mol. The van der Waals surface area contributed by atoms with Gasteiger partial charge in [0.25, 0.3) is 6.43 Å². The fourth-order valence-electron chi connectivity index (χ4n) is 0.902. The van der Waals surface area contributed by atoms with Crippen LogP contribution >= 0.6 is 11.3 Å². The molecule has 0 aliphatic carbocycles. The van der Waals surface area contributed by atoms with E-state index in [1.54, 1.807) is 5.38 Å². The Morgan fingerprint density at radius 1 is 1.67 bits per heavy atom. The lowest BCUT2D eigenvalue weighted by molar-refractivity contribution is -0.136. The summed E-state index contributed by atoms with van der Waals surface area (Å²) >= 11 is 1.19. The fraction of sp³-hybridized carbons (Fsp3) is 0.500. The summed E-state index contributed by atoms with van der Waals surface area (Å²) in [5.41, 5.74) is 0.610. The van der Waals surface area contributed by atoms with E-state index in [4.69, 9.17) is 5.11 Å². The van der Waals surface area contributed by atoms with Gasteiger partial charge in [-0.3, -0.25) is 4.79 Å². The normalized spacial score (nSPS) is 10.6. The Kier molecular flexibility index (Phi) is 4.41. The number of halogens is 2. The number of nitrogens with one attached hydrogen (secondary N) is 1. The maximum Gasteiger partial charge on any atom is 0.303 e. The van der Waals surface area contributed by atoms with E-state index in [1.165, 1.54) is 11.3 Å². The van der Waals surface area contributed by atoms with Crippen LogP contribution < -0.4 is 5.32 Å². The van der Waals surface area contributed by atoms with Crippen molar-refractivity contribution in [3.05, 3.63) is 11.1 Å². The Hall–Kier alpha value is -1.24. The first-order valence-electron chi connectivity index (χ1n) is 4.26. The molecule has 0 fully saturated rings. The monoisotopic (exact) mass is 236 g/mol. The van der Waals surface area contributed by atoms with E-state index in [9.17, 15) is 13.6 Å². The van der Waals surface area contributed by atoms with Crippen LogP contribution in [-0.4, -0.2) is 29.0 Å². The molecule has 84 valence electrons. The minimum Gasteiger partial charge on any atom is -0.481 e. The van der Waals surface area contributed by atoms with Gasteiger partial charge in [-0.1, -0.05) is 0 Å². The van der Waals surface area contributed by atoms with Crippen molar-refractivity contribution in [3.8, 4) is 0 Å². The van der Waals surface area contributed by atoms with E-state index >= 15 is 0 Å². The molecule has 0 aliphatic heterocycles. The number of aryl methyl sites for hydroxylation is 1. The Bertz CT molecular complexity index is 330. The van der Waals surface area contributed by atoms with Crippen molar-refractivity contribution >= 4 is 22.4 Å². The van der Waals surface area contributed by atoms with E-state index in [2.05, 4.69) is 10.3 Å². The number of alkyl halides is 2. The molecular formula is C8H10F2N2O2S. The van der Waals surface area contributed by atoms with Gasteiger partial charge in [-0.25, -0.2) is 13.8 Å². The molecule has 0 bridgehead atoms. The predicted molar refractivity (Wildman–Crippen MR) is 52.6 cm³/mol. The smallest absolute Gasteiger partial charge is 0.303 e. The highest BCUT2D eigenvalue weighted by atomic mass is 32.1. The summed E-state index contributed by atoms with van der Waals surface area (Å²) in [4.78, 5) is 14.2. The van der Waals surface area contributed by atoms with Crippen molar-refractivity contribution in [2.45, 2.75) is 19.3 Å². The quantitative estimate of drug-likeness (QED) is 0.791. The second kappa shape index (κ2) is 5.59. The van der Waals surface area contributed by atoms with Gasteiger partial charge < -0.3 is 10.4 Å². The molecule has 1 heterocycles. The molecule has 1 aromatic heterocycles. The Balaban J connectivity index is 2.38. The molecular weight excluding hydrogens is 226 g/mol. The lowest BCUT2D eigenvalue weighted by Crippen LogP contribution is -2.09. The number of aliphatic carboxylic acids is 1. The van der Waals surface area contributed by atoms with E-state index < -0.39 is 18.9 Å². The molecule has 0 unspecified atom stereocenters. The minimum absolute atomic E-state index is 0.00196. The number of carbonyl (C=O) groups is 1. The van der Waals surface area contributed by atoms with Gasteiger partial charge >= 0.3 is 5.97 Å². The molecule has 15 heavy (non-hydrogen) atoms. The first kappa shape index (κ1) is 11.8. The Labute approximate surface area is 89.0 Å². The van der Waals surface area contributed by atoms with Crippen molar-refractivity contribution in [1.82, 2.24) is 4.98 Å². The van der Waals surface area contributed by atoms with Crippen molar-refractivity contribution in [2.24, 2.45) is 0 Å². The number of hydrogen-bond donors (Lipinski definition) is 2. The SMILES string of the molecule is O=C(O)CCc1csc(NCC(F)F)n1. The van der Waals surface area contributed by atoms with Gasteiger partial charge in [0.05, 0.1) is 18.7 Å². The highest BCUT2D eigenvalue weighted by Crippen LogP contribution is 2.16. The first-order chi connectivity index (χ1) is 7.08. The van der Waals surface area contributed by atoms with Crippen molar-refractivity contribution in [1.29, 1.82) is 0 Å². The van der Waals surface area contributed by atoms with Crippen LogP contribution in [0.5, 0.6) is 0 Å². The maximum atomic E-state index is 11.8. The molecule has 1 aromatic rings. The lowest BCUT2D eigenvalue weighted by atomic mass is 10.2. The fourth-order valence-corrected chi connectivity index (χ4v) is 1.66. The zero-order valence-corrected chi connectivity index (χ0v) is 8.56. The van der Waals surface area contributed by atoms with Crippen LogP contribution in [0.25, 0.3) is 0 Å². The number of anilines is 1. The minimum atomic E-state index is -2.42. The van der Waals surface area contributed by atoms with Gasteiger partial charge in [0.15, 0.2) is 5.13 Å². The van der Waals surface area contributed by atoms with Crippen molar-refractivity contribution in [2.75, 3.05) is 11.9 Å². The van der Waals surface area contributed by atoms with Crippen LogP contribution in [0.15, 0.2) is 5.38 Å². The standard InChI is InChI=1S/C8H10F2N2O2S/c9-6(10)3-11-8-12-5(4-15-8)1-2-7(13)14/h4,6H,1-3H2,(H,11,12)(H,13,14). The number of carboxylic acid groups (broad SMARTS) is 1. The summed E-state index contributed by atoms with van der Waals surface area (Å²) in [5, 5.41) is 12.9. The van der Waals surface area contributed by atoms with Gasteiger partial charge in [-0.15, -0.1) is 11.3 Å². The molecule has 4 nitrogen and oxygen atoms in total. The van der Waals surface area contributed by atoms with Gasteiger partial charge in [0.2, 0.25) is 0 Å². The van der Waals surface area contributed by atoms with Crippen LogP contribution in [0.3, 0.4) is 0 Å². The van der Waals surface area contributed by atoms with Crippen LogP contribution in [0.1, 0.15) is 12.1 Å². The summed E-state index contributed by atoms with van der Waals surface area (Å²) in [6.07, 6.45) is -2.10. The lowest BCUT2D eigenvalue weighted by Gasteiger charge is -1.99. The van der Waals surface area contributed by atoms with Crippen molar-refractivity contribution < 1.29 is 18.7 Å². The number of rotatable bonds is 6. The number of nitrogens with zero attached hydrogens (tertiary/aromatic N) is 1. The molecule has 0 aliphatic rings. The van der Waals surface area contributed by atoms with Crippen LogP contribution in [0.2, 0.25) is 0 Å². The van der Waals surface area contributed by atoms with E-state index in [-0.39, 0.29) is 6.42 Å². The molecule has 1 rings (SSSR count). The van der Waals surface area contributed by atoms with E-state index in [0.29, 0.717) is 17.2 Å². The molecule has 0 radical (unpaired) electrons. The zero-order chi connectivity index (χ0) is 11.3. The van der Waals surface area contributed by atoms with E-state index in [1.807, 2.05) is 0 Å². The third-order valence-electron chi connectivity index (χ3n) is 1.55. The molecule has 0 atom stereocenters. The van der Waals surface area contributed by atoms with E-state index in [0.717, 1.165) is 0 Å². The summed E-state index contributed by atoms with van der Waals surface area (Å²) in [6, 6.07) is 0. The molecule has 7 heteroatoms. The summed E-state index contributed by atoms with van der Waals surface area (Å²) in [5.74, 6) is -0.898. The van der Waals surface area contributed by atoms with Crippen molar-refractivity contribution in [3.63, 3.8) is 0 Å². The Morgan fingerprint density at radius 2 is 2.40 bits per heavy atom. The summed E-state index contributed by atoms with van der Waals surface area (Å²) in [7, 11) is 0. The summed E-state index contributed by atoms with van der Waals surface area (Å²) < 4.78 is 23.6. The average Bonchev–Trinajstić information content (AvgIpc) is 2.59. The van der Waals surface area contributed by atoms with Gasteiger partial charge in [-0.2, -0.15) is 0 Å². The molecule has 0 spiro atoms. The third-order valence-corrected chi connectivity index (χ3v) is 2.40. The van der Waals surface area contributed by atoms with Gasteiger partial charge in [-0.05, 0) is 0 Å². The Morgan fingerprint density at radius 3 is 3.00 bits per heavy atom. The number of thiazole rings is 1. The zero-order valence-electron chi connectivity index (χ0n) is 7.74. The highest BCUT2D eigenvalue weighted by Gasteiger charge is 2.06. The van der Waals surface area contributed by atoms with Crippen LogP contribution in [0, 0.1) is 0 Å². The van der Waals surface area contributed by atoms with Gasteiger partial charge in [0.1, 0.15) is 0 Å². The van der Waals surface area contributed by atoms with Gasteiger partial charge in [0, 0.05) is 11.8 Å². The molecule has 2 N–H and O–H groups in total. The van der Waals surface area contributed by atoms with Crippen LogP contribution in [-0.2, 0) is 11.2 Å². The first-order valence-corrected chi connectivity index (χ1v) is 5.14. The number of carboxylic acids is 1. The third kappa shape index (κ3) is 4.68. The number of hydrogen-bond acceptors (Lipinski definition) is 4. The predicted octanol–water partition coefficient (Wildman–Crippen LogP) is 1.84. The second-order valence-electron chi connectivity index (χ2n) is 2.81. The maximum absolute atomic E-state index is 11.8. The largest absolute Gasteiger partial charge is 0.481 e. The number of aromatic nitrogens is 1. The highest BCUT2D eigenvalue weighted by molar-refractivity contribution is 7.13. The van der Waals surface area contributed by atoms with Crippen LogP contribution in [0.4, 0.5) is 13.9 Å². The molecule has 0 aromatic carbocycles. The topological polar surface area (TPSA) is 62.2 Å². The molecule has 0 saturated carbocycles. The summed E-state index contributed by atoms with van der Waals surface area (Å²) in [6.45, 7) is -0.439. The second-order valence-corrected chi connectivity index (χ2v) is 3.67. The molecule has 0 amide bonds. The molecule has 0 saturated heterocycles.